The van der Waals surface area contributed by atoms with Gasteiger partial charge in [-0.2, -0.15) is 0 Å². The molecular weight excluding hydrogens is 383 g/mol. The average molecular weight is 407 g/mol. The number of nitrogens with zero attached hydrogens (tertiary/aromatic N) is 1. The van der Waals surface area contributed by atoms with E-state index in [9.17, 15) is 9.18 Å². The van der Waals surface area contributed by atoms with Crippen LogP contribution in [-0.4, -0.2) is 38.1 Å². The molecule has 2 N–H and O–H groups in total. The Hall–Kier alpha value is -2.31. The van der Waals surface area contributed by atoms with Gasteiger partial charge in [-0.05, 0) is 54.7 Å². The second-order valence-corrected chi connectivity index (χ2v) is 7.25. The highest BCUT2D eigenvalue weighted by Crippen LogP contribution is 2.40. The first-order valence-electron chi connectivity index (χ1n) is 9.14. The minimum atomic E-state index is -0.391. The number of primary amides is 1. The van der Waals surface area contributed by atoms with Gasteiger partial charge in [0.1, 0.15) is 5.82 Å². The number of nitrogens with two attached hydrogens (primary N) is 1. The Morgan fingerprint density at radius 3 is 2.64 bits per heavy atom. The molecule has 5 nitrogen and oxygen atoms in total. The molecule has 0 spiro atoms. The van der Waals surface area contributed by atoms with Crippen LogP contribution in [-0.2, 0) is 17.6 Å². The highest BCUT2D eigenvalue weighted by atomic mass is 35.5. The van der Waals surface area contributed by atoms with Crippen LogP contribution in [0, 0.1) is 5.82 Å². The highest BCUT2D eigenvalue weighted by Gasteiger charge is 2.30. The SMILES string of the molecule is COc1cc2c(cc1OC)[C@H](CCc1c(F)cccc1Cl)N(CC(N)=O)CC2. The fourth-order valence-electron chi connectivity index (χ4n) is 3.86. The van der Waals surface area contributed by atoms with Crippen molar-refractivity contribution in [3.05, 3.63) is 57.9 Å². The van der Waals surface area contributed by atoms with Gasteiger partial charge in [0.25, 0.3) is 0 Å². The molecule has 1 atom stereocenters. The fourth-order valence-corrected chi connectivity index (χ4v) is 4.12. The van der Waals surface area contributed by atoms with Crippen molar-refractivity contribution < 1.29 is 18.7 Å². The zero-order valence-corrected chi connectivity index (χ0v) is 16.8. The van der Waals surface area contributed by atoms with Gasteiger partial charge in [-0.1, -0.05) is 17.7 Å². The van der Waals surface area contributed by atoms with Crippen LogP contribution < -0.4 is 15.2 Å². The van der Waals surface area contributed by atoms with Crippen LogP contribution >= 0.6 is 11.6 Å². The summed E-state index contributed by atoms with van der Waals surface area (Å²) in [7, 11) is 3.19. The Balaban J connectivity index is 1.95. The van der Waals surface area contributed by atoms with Crippen LogP contribution in [0.1, 0.15) is 29.2 Å². The largest absolute Gasteiger partial charge is 0.493 e. The number of fused-ring (bicyclic) bond motifs is 1. The molecule has 0 radical (unpaired) electrons. The van der Waals surface area contributed by atoms with E-state index in [0.29, 0.717) is 41.5 Å². The third-order valence-electron chi connectivity index (χ3n) is 5.20. The van der Waals surface area contributed by atoms with Gasteiger partial charge < -0.3 is 15.2 Å². The van der Waals surface area contributed by atoms with E-state index in [1.165, 1.54) is 6.07 Å². The molecule has 3 rings (SSSR count). The summed E-state index contributed by atoms with van der Waals surface area (Å²) < 4.78 is 25.1. The van der Waals surface area contributed by atoms with Gasteiger partial charge in [0, 0.05) is 23.2 Å². The number of ether oxygens (including phenoxy) is 2. The normalized spacial score (nSPS) is 16.5. The maximum absolute atomic E-state index is 14.2. The van der Waals surface area contributed by atoms with Crippen LogP contribution in [0.5, 0.6) is 11.5 Å². The molecule has 1 aliphatic rings. The summed E-state index contributed by atoms with van der Waals surface area (Å²) in [5, 5.41) is 0.407. The fraction of sp³-hybridized carbons (Fsp3) is 0.381. The Kier molecular flexibility index (Phi) is 6.42. The lowest BCUT2D eigenvalue weighted by molar-refractivity contribution is -0.119. The number of methoxy groups -OCH3 is 2. The van der Waals surface area contributed by atoms with E-state index < -0.39 is 5.91 Å². The molecule has 0 aromatic heterocycles. The van der Waals surface area contributed by atoms with E-state index in [1.807, 2.05) is 17.0 Å². The maximum atomic E-state index is 14.2. The van der Waals surface area contributed by atoms with Crippen LogP contribution in [0.15, 0.2) is 30.3 Å². The summed E-state index contributed by atoms with van der Waals surface area (Å²) in [6.45, 7) is 0.824. The summed E-state index contributed by atoms with van der Waals surface area (Å²) in [6, 6.07) is 8.49. The number of rotatable bonds is 7. The van der Waals surface area contributed by atoms with Crippen LogP contribution in [0.4, 0.5) is 4.39 Å². The van der Waals surface area contributed by atoms with Crippen molar-refractivity contribution in [2.75, 3.05) is 27.3 Å². The first kappa shape index (κ1) is 20.4. The summed E-state index contributed by atoms with van der Waals surface area (Å²) in [5.41, 5.74) is 8.11. The van der Waals surface area contributed by atoms with Gasteiger partial charge in [0.15, 0.2) is 11.5 Å². The van der Waals surface area contributed by atoms with E-state index >= 15 is 0 Å². The quantitative estimate of drug-likeness (QED) is 0.764. The Bertz CT molecular complexity index is 855. The zero-order chi connectivity index (χ0) is 20.3. The molecule has 7 heteroatoms. The molecule has 2 aromatic carbocycles. The average Bonchev–Trinajstić information content (AvgIpc) is 2.67. The molecule has 0 bridgehead atoms. The van der Waals surface area contributed by atoms with E-state index in [-0.39, 0.29) is 18.4 Å². The molecule has 0 aliphatic carbocycles. The number of benzene rings is 2. The van der Waals surface area contributed by atoms with Crippen molar-refractivity contribution in [1.82, 2.24) is 4.90 Å². The first-order valence-corrected chi connectivity index (χ1v) is 9.52. The summed E-state index contributed by atoms with van der Waals surface area (Å²) in [6.07, 6.45) is 1.80. The lowest BCUT2D eigenvalue weighted by Gasteiger charge is -2.37. The predicted molar refractivity (Wildman–Crippen MR) is 106 cm³/mol. The molecule has 0 unspecified atom stereocenters. The molecule has 1 aliphatic heterocycles. The Labute approximate surface area is 169 Å². The minimum absolute atomic E-state index is 0.105. The molecule has 150 valence electrons. The Morgan fingerprint density at radius 1 is 1.29 bits per heavy atom. The van der Waals surface area contributed by atoms with Crippen molar-refractivity contribution >= 4 is 17.5 Å². The van der Waals surface area contributed by atoms with E-state index in [0.717, 1.165) is 17.5 Å². The standard InChI is InChI=1S/C21H24ClFN2O3/c1-27-19-10-13-8-9-25(12-21(24)26)18(15(13)11-20(19)28-2)7-6-14-16(22)4-3-5-17(14)23/h3-5,10-11,18H,6-9,12H2,1-2H3,(H2,24,26)/t18-/m0/s1. The lowest BCUT2D eigenvalue weighted by atomic mass is 9.88. The second-order valence-electron chi connectivity index (χ2n) is 6.85. The first-order chi connectivity index (χ1) is 13.4. The van der Waals surface area contributed by atoms with Crippen molar-refractivity contribution in [3.63, 3.8) is 0 Å². The molecule has 1 amide bonds. The molecule has 1 heterocycles. The molecule has 0 fully saturated rings. The summed E-state index contributed by atoms with van der Waals surface area (Å²) in [4.78, 5) is 13.6. The molecule has 2 aromatic rings. The third-order valence-corrected chi connectivity index (χ3v) is 5.56. The molecular formula is C21H24ClFN2O3. The number of carbonyl (C=O) groups excluding carboxylic acids is 1. The van der Waals surface area contributed by atoms with Crippen molar-refractivity contribution in [2.24, 2.45) is 5.73 Å². The third kappa shape index (κ3) is 4.23. The number of amides is 1. The highest BCUT2D eigenvalue weighted by molar-refractivity contribution is 6.31. The van der Waals surface area contributed by atoms with Crippen LogP contribution in [0.3, 0.4) is 0 Å². The molecule has 0 saturated carbocycles. The lowest BCUT2D eigenvalue weighted by Crippen LogP contribution is -2.41. The van der Waals surface area contributed by atoms with Gasteiger partial charge in [-0.25, -0.2) is 4.39 Å². The van der Waals surface area contributed by atoms with Crippen molar-refractivity contribution in [1.29, 1.82) is 0 Å². The number of halogens is 2. The van der Waals surface area contributed by atoms with Gasteiger partial charge >= 0.3 is 0 Å². The van der Waals surface area contributed by atoms with Crippen molar-refractivity contribution in [2.45, 2.75) is 25.3 Å². The molecule has 28 heavy (non-hydrogen) atoms. The van der Waals surface area contributed by atoms with Gasteiger partial charge in [0.2, 0.25) is 5.91 Å². The van der Waals surface area contributed by atoms with Crippen LogP contribution in [0.25, 0.3) is 0 Å². The number of hydrogen-bond donors (Lipinski definition) is 1. The number of hydrogen-bond acceptors (Lipinski definition) is 4. The van der Waals surface area contributed by atoms with E-state index in [4.69, 9.17) is 26.8 Å². The smallest absolute Gasteiger partial charge is 0.231 e. The molecule has 0 saturated heterocycles. The van der Waals surface area contributed by atoms with Crippen molar-refractivity contribution in [3.8, 4) is 11.5 Å². The zero-order valence-electron chi connectivity index (χ0n) is 16.0. The monoisotopic (exact) mass is 406 g/mol. The van der Waals surface area contributed by atoms with E-state index in [2.05, 4.69) is 0 Å². The van der Waals surface area contributed by atoms with Gasteiger partial charge in [-0.3, -0.25) is 9.69 Å². The Morgan fingerprint density at radius 2 is 2.00 bits per heavy atom. The van der Waals surface area contributed by atoms with E-state index in [1.54, 1.807) is 26.4 Å². The second kappa shape index (κ2) is 8.80. The van der Waals surface area contributed by atoms with Crippen LogP contribution in [0.2, 0.25) is 5.02 Å². The minimum Gasteiger partial charge on any atom is -0.493 e. The summed E-state index contributed by atoms with van der Waals surface area (Å²) in [5.74, 6) is 0.576. The topological polar surface area (TPSA) is 64.8 Å². The number of carbonyl (C=O) groups is 1. The summed E-state index contributed by atoms with van der Waals surface area (Å²) >= 11 is 6.19. The maximum Gasteiger partial charge on any atom is 0.231 e. The predicted octanol–water partition coefficient (Wildman–Crippen LogP) is 3.51. The van der Waals surface area contributed by atoms with Gasteiger partial charge in [-0.15, -0.1) is 0 Å². The van der Waals surface area contributed by atoms with Gasteiger partial charge in [0.05, 0.1) is 20.8 Å².